The first-order valence-corrected chi connectivity index (χ1v) is 4.64. The first-order chi connectivity index (χ1) is 7.58. The van der Waals surface area contributed by atoms with Crippen molar-refractivity contribution in [2.24, 2.45) is 0 Å². The number of nitrogens with zero attached hydrogens (tertiary/aromatic N) is 3. The van der Waals surface area contributed by atoms with Crippen molar-refractivity contribution in [3.8, 4) is 5.82 Å². The van der Waals surface area contributed by atoms with Crippen LogP contribution in [0.1, 0.15) is 10.4 Å². The van der Waals surface area contributed by atoms with Gasteiger partial charge in [0.2, 0.25) is 0 Å². The molecule has 0 aromatic carbocycles. The predicted molar refractivity (Wildman–Crippen MR) is 55.1 cm³/mol. The molecule has 0 aliphatic rings. The van der Waals surface area contributed by atoms with Crippen molar-refractivity contribution in [2.45, 2.75) is 0 Å². The zero-order valence-electron chi connectivity index (χ0n) is 8.92. The van der Waals surface area contributed by atoms with E-state index in [-0.39, 0.29) is 40.9 Å². The minimum absolute atomic E-state index is 0. The van der Waals surface area contributed by atoms with Gasteiger partial charge in [-0.15, -0.1) is 5.10 Å². The summed E-state index contributed by atoms with van der Waals surface area (Å²) in [4.78, 5) is 14.6. The molecule has 82 valence electrons. The molecule has 0 atom stereocenters. The number of anilines is 1. The van der Waals surface area contributed by atoms with Gasteiger partial charge in [0, 0.05) is 12.4 Å². The van der Waals surface area contributed by atoms with Crippen LogP contribution >= 0.6 is 11.6 Å². The summed E-state index contributed by atoms with van der Waals surface area (Å²) in [7, 11) is 0. The van der Waals surface area contributed by atoms with E-state index in [2.05, 4.69) is 10.1 Å². The fourth-order valence-electron chi connectivity index (χ4n) is 1.17. The third-order valence-corrected chi connectivity index (χ3v) is 2.13. The van der Waals surface area contributed by atoms with Gasteiger partial charge in [-0.05, 0) is 12.1 Å². The molecule has 0 fully saturated rings. The van der Waals surface area contributed by atoms with Gasteiger partial charge in [-0.3, -0.25) is 0 Å². The van der Waals surface area contributed by atoms with Crippen molar-refractivity contribution in [3.05, 3.63) is 35.1 Å². The summed E-state index contributed by atoms with van der Waals surface area (Å²) < 4.78 is 1.25. The van der Waals surface area contributed by atoms with Crippen LogP contribution in [0.4, 0.5) is 5.82 Å². The second kappa shape index (κ2) is 5.50. The number of nitrogen functional groups attached to an aromatic ring is 1. The molecular formula is C9H6ClN4NaO2. The van der Waals surface area contributed by atoms with Crippen LogP contribution in [0.2, 0.25) is 5.02 Å². The van der Waals surface area contributed by atoms with Crippen LogP contribution in [0.25, 0.3) is 5.82 Å². The number of hydrogen-bond donors (Lipinski definition) is 1. The average molecular weight is 261 g/mol. The molecule has 2 rings (SSSR count). The van der Waals surface area contributed by atoms with Crippen LogP contribution in [0.15, 0.2) is 24.5 Å². The molecule has 2 aromatic rings. The molecule has 17 heavy (non-hydrogen) atoms. The van der Waals surface area contributed by atoms with Gasteiger partial charge in [0.1, 0.15) is 0 Å². The molecule has 2 aromatic heterocycles. The number of rotatable bonds is 2. The first kappa shape index (κ1) is 14.0. The van der Waals surface area contributed by atoms with Crippen LogP contribution in [0.5, 0.6) is 0 Å². The van der Waals surface area contributed by atoms with E-state index in [0.29, 0.717) is 10.8 Å². The number of halogens is 1. The second-order valence-corrected chi connectivity index (χ2v) is 3.43. The standard InChI is InChI=1S/C9H7ClN4O2.Na/c10-5-1-2-7(12-3-5)14-4-6(9(15)16)8(11)13-14;/h1-4H,(H2,11,13)(H,15,16);/q;+1/p-1. The number of nitrogens with two attached hydrogens (primary N) is 1. The number of carbonyl (C=O) groups excluding carboxylic acids is 1. The zero-order valence-corrected chi connectivity index (χ0v) is 11.7. The van der Waals surface area contributed by atoms with Crippen LogP contribution in [-0.2, 0) is 0 Å². The predicted octanol–water partition coefficient (Wildman–Crippen LogP) is -3.13. The number of hydrogen-bond acceptors (Lipinski definition) is 5. The summed E-state index contributed by atoms with van der Waals surface area (Å²) in [5.41, 5.74) is 5.23. The van der Waals surface area contributed by atoms with Gasteiger partial charge in [0.25, 0.3) is 0 Å². The fraction of sp³-hybridized carbons (Fsp3) is 0. The Kier molecular flexibility index (Phi) is 4.53. The summed E-state index contributed by atoms with van der Waals surface area (Å²) in [6.07, 6.45) is 2.66. The van der Waals surface area contributed by atoms with E-state index in [1.807, 2.05) is 0 Å². The number of aromatic nitrogens is 3. The molecule has 0 amide bonds. The molecule has 0 bridgehead atoms. The minimum atomic E-state index is -1.38. The van der Waals surface area contributed by atoms with Gasteiger partial charge in [-0.25, -0.2) is 9.67 Å². The molecule has 0 radical (unpaired) electrons. The van der Waals surface area contributed by atoms with E-state index < -0.39 is 5.97 Å². The largest absolute Gasteiger partial charge is 1.00 e. The van der Waals surface area contributed by atoms with Crippen molar-refractivity contribution >= 4 is 23.4 Å². The van der Waals surface area contributed by atoms with Crippen molar-refractivity contribution in [1.82, 2.24) is 14.8 Å². The topological polar surface area (TPSA) is 96.9 Å². The molecule has 0 saturated heterocycles. The third-order valence-electron chi connectivity index (χ3n) is 1.91. The Morgan fingerprint density at radius 2 is 2.18 bits per heavy atom. The normalized spacial score (nSPS) is 9.71. The summed E-state index contributed by atoms with van der Waals surface area (Å²) >= 11 is 5.67. The molecule has 0 aliphatic heterocycles. The number of carboxylic acid groups (broad SMARTS) is 1. The third kappa shape index (κ3) is 2.98. The van der Waals surface area contributed by atoms with E-state index in [1.54, 1.807) is 12.1 Å². The van der Waals surface area contributed by atoms with Gasteiger partial charge in [0.15, 0.2) is 11.6 Å². The summed E-state index contributed by atoms with van der Waals surface area (Å²) in [5.74, 6) is -1.07. The van der Waals surface area contributed by atoms with E-state index in [0.717, 1.165) is 0 Å². The Labute approximate surface area is 124 Å². The van der Waals surface area contributed by atoms with Crippen LogP contribution in [-0.4, -0.2) is 20.7 Å². The monoisotopic (exact) mass is 260 g/mol. The maximum absolute atomic E-state index is 10.6. The van der Waals surface area contributed by atoms with Crippen molar-refractivity contribution in [2.75, 3.05) is 5.73 Å². The van der Waals surface area contributed by atoms with Crippen LogP contribution in [0, 0.1) is 0 Å². The summed E-state index contributed by atoms with van der Waals surface area (Å²) in [6, 6.07) is 3.20. The molecule has 2 heterocycles. The van der Waals surface area contributed by atoms with E-state index in [1.165, 1.54) is 17.1 Å². The zero-order chi connectivity index (χ0) is 11.7. The molecule has 0 spiro atoms. The molecule has 0 saturated carbocycles. The van der Waals surface area contributed by atoms with E-state index in [9.17, 15) is 9.90 Å². The second-order valence-electron chi connectivity index (χ2n) is 2.99. The van der Waals surface area contributed by atoms with Crippen molar-refractivity contribution in [1.29, 1.82) is 0 Å². The Morgan fingerprint density at radius 3 is 2.65 bits per heavy atom. The molecule has 2 N–H and O–H groups in total. The Balaban J connectivity index is 0.00000144. The fourth-order valence-corrected chi connectivity index (χ4v) is 1.28. The molecule has 0 unspecified atom stereocenters. The molecule has 8 heteroatoms. The van der Waals surface area contributed by atoms with Gasteiger partial charge >= 0.3 is 29.6 Å². The first-order valence-electron chi connectivity index (χ1n) is 4.26. The van der Waals surface area contributed by atoms with Crippen molar-refractivity contribution in [3.63, 3.8) is 0 Å². The summed E-state index contributed by atoms with van der Waals surface area (Å²) in [6.45, 7) is 0. The molecule has 6 nitrogen and oxygen atoms in total. The maximum atomic E-state index is 10.6. The summed E-state index contributed by atoms with van der Waals surface area (Å²) in [5, 5.41) is 14.9. The van der Waals surface area contributed by atoms with Gasteiger partial charge < -0.3 is 15.6 Å². The number of carboxylic acids is 1. The minimum Gasteiger partial charge on any atom is -0.545 e. The smallest absolute Gasteiger partial charge is 0.545 e. The molecular weight excluding hydrogens is 255 g/mol. The average Bonchev–Trinajstić information content (AvgIpc) is 2.61. The van der Waals surface area contributed by atoms with Gasteiger partial charge in [0.05, 0.1) is 16.6 Å². The van der Waals surface area contributed by atoms with E-state index >= 15 is 0 Å². The number of aromatic carboxylic acids is 1. The molecule has 0 aliphatic carbocycles. The number of pyridine rings is 1. The SMILES string of the molecule is Nc1nn(-c2ccc(Cl)cn2)cc1C(=O)[O-].[Na+]. The van der Waals surface area contributed by atoms with Gasteiger partial charge in [-0.2, -0.15) is 0 Å². The maximum Gasteiger partial charge on any atom is 1.00 e. The van der Waals surface area contributed by atoms with Gasteiger partial charge in [-0.1, -0.05) is 11.6 Å². The Bertz CT molecular complexity index is 540. The van der Waals surface area contributed by atoms with Crippen LogP contribution in [0.3, 0.4) is 0 Å². The quantitative estimate of drug-likeness (QED) is 0.576. The van der Waals surface area contributed by atoms with Crippen molar-refractivity contribution < 1.29 is 39.5 Å². The van der Waals surface area contributed by atoms with E-state index in [4.69, 9.17) is 17.3 Å². The Morgan fingerprint density at radius 1 is 1.47 bits per heavy atom. The number of carbonyl (C=O) groups is 1. The Hall–Kier alpha value is -1.08. The van der Waals surface area contributed by atoms with Crippen LogP contribution < -0.4 is 40.4 Å².